The fraction of sp³-hybridized carbons (Fsp3) is 0.556. The van der Waals surface area contributed by atoms with Gasteiger partial charge < -0.3 is 9.47 Å². The van der Waals surface area contributed by atoms with Crippen LogP contribution in [0.25, 0.3) is 0 Å². The first-order chi connectivity index (χ1) is 13.3. The summed E-state index contributed by atoms with van der Waals surface area (Å²) in [5.74, 6) is 1.98. The largest absolute Gasteiger partial charge is 0.312 e. The van der Waals surface area contributed by atoms with Gasteiger partial charge in [-0.1, -0.05) is 23.2 Å². The molecule has 0 radical (unpaired) electrons. The number of halogens is 2. The molecule has 1 unspecified atom stereocenters. The van der Waals surface area contributed by atoms with Crippen LogP contribution in [0.15, 0.2) is 23.1 Å². The first-order valence-electron chi connectivity index (χ1n) is 9.38. The van der Waals surface area contributed by atoms with E-state index in [4.69, 9.17) is 23.2 Å². The summed E-state index contributed by atoms with van der Waals surface area (Å²) in [6, 6.07) is 4.98. The van der Waals surface area contributed by atoms with E-state index in [0.717, 1.165) is 25.3 Å². The van der Waals surface area contributed by atoms with E-state index in [0.29, 0.717) is 35.9 Å². The van der Waals surface area contributed by atoms with Gasteiger partial charge >= 0.3 is 0 Å². The molecule has 3 heterocycles. The van der Waals surface area contributed by atoms with Gasteiger partial charge in [-0.25, -0.2) is 8.42 Å². The number of fused-ring (bicyclic) bond motifs is 1. The molecule has 10 heteroatoms. The Bertz CT molecular complexity index is 992. The lowest BCUT2D eigenvalue weighted by atomic mass is 10.1. The summed E-state index contributed by atoms with van der Waals surface area (Å²) in [7, 11) is -3.76. The number of likely N-dealkylation sites (tertiary alicyclic amines) is 1. The molecule has 1 saturated heterocycles. The van der Waals surface area contributed by atoms with Crippen LogP contribution in [0.5, 0.6) is 0 Å². The summed E-state index contributed by atoms with van der Waals surface area (Å²) in [6.45, 7) is 7.49. The summed E-state index contributed by atoms with van der Waals surface area (Å²) in [6.07, 6.45) is 1.05. The van der Waals surface area contributed by atoms with Crippen LogP contribution in [-0.2, 0) is 23.1 Å². The quantitative estimate of drug-likeness (QED) is 0.725. The van der Waals surface area contributed by atoms with Crippen LogP contribution in [-0.4, -0.2) is 58.1 Å². The highest BCUT2D eigenvalue weighted by Crippen LogP contribution is 2.32. The molecule has 0 amide bonds. The van der Waals surface area contributed by atoms with Gasteiger partial charge in [0.15, 0.2) is 0 Å². The van der Waals surface area contributed by atoms with Crippen molar-refractivity contribution in [3.8, 4) is 0 Å². The first-order valence-corrected chi connectivity index (χ1v) is 11.6. The molecule has 0 spiro atoms. The number of nitrogens with zero attached hydrogens (tertiary/aromatic N) is 5. The molecule has 1 fully saturated rings. The van der Waals surface area contributed by atoms with Gasteiger partial charge in [-0.2, -0.15) is 4.31 Å². The van der Waals surface area contributed by atoms with Gasteiger partial charge in [0.05, 0.1) is 11.6 Å². The molecular formula is C18H23Cl2N5O2S. The third-order valence-corrected chi connectivity index (χ3v) is 8.13. The van der Waals surface area contributed by atoms with E-state index in [1.165, 1.54) is 16.4 Å². The highest BCUT2D eigenvalue weighted by molar-refractivity contribution is 7.89. The molecule has 0 aliphatic carbocycles. The fourth-order valence-corrected chi connectivity index (χ4v) is 6.07. The van der Waals surface area contributed by atoms with Crippen LogP contribution in [0.3, 0.4) is 0 Å². The van der Waals surface area contributed by atoms with Crippen molar-refractivity contribution in [1.29, 1.82) is 0 Å². The summed E-state index contributed by atoms with van der Waals surface area (Å²) >= 11 is 12.1. The second-order valence-corrected chi connectivity index (χ2v) is 10.4. The lowest BCUT2D eigenvalue weighted by Gasteiger charge is -2.28. The maximum atomic E-state index is 13.1. The molecule has 7 nitrogen and oxygen atoms in total. The van der Waals surface area contributed by atoms with Crippen LogP contribution in [0.2, 0.25) is 10.0 Å². The predicted molar refractivity (Wildman–Crippen MR) is 108 cm³/mol. The van der Waals surface area contributed by atoms with Gasteiger partial charge in [-0.15, -0.1) is 10.2 Å². The summed E-state index contributed by atoms with van der Waals surface area (Å²) < 4.78 is 29.6. The number of rotatable bonds is 4. The monoisotopic (exact) mass is 443 g/mol. The van der Waals surface area contributed by atoms with Crippen LogP contribution >= 0.6 is 23.2 Å². The average Bonchev–Trinajstić information content (AvgIpc) is 3.29. The highest BCUT2D eigenvalue weighted by atomic mass is 35.5. The van der Waals surface area contributed by atoms with Crippen molar-refractivity contribution >= 4 is 33.2 Å². The first kappa shape index (κ1) is 20.1. The Morgan fingerprint density at radius 3 is 2.64 bits per heavy atom. The molecule has 0 bridgehead atoms. The van der Waals surface area contributed by atoms with Crippen molar-refractivity contribution < 1.29 is 8.42 Å². The van der Waals surface area contributed by atoms with Gasteiger partial charge in [0.2, 0.25) is 10.0 Å². The third kappa shape index (κ3) is 3.57. The molecule has 1 atom stereocenters. The lowest BCUT2D eigenvalue weighted by molar-refractivity contribution is 0.270. The summed E-state index contributed by atoms with van der Waals surface area (Å²) in [4.78, 5) is 2.46. The molecule has 0 saturated carbocycles. The van der Waals surface area contributed by atoms with E-state index in [1.807, 2.05) is 0 Å². The lowest BCUT2D eigenvalue weighted by Crippen LogP contribution is -2.39. The minimum atomic E-state index is -3.76. The topological polar surface area (TPSA) is 71.3 Å². The van der Waals surface area contributed by atoms with E-state index < -0.39 is 10.0 Å². The minimum Gasteiger partial charge on any atom is -0.312 e. The maximum absolute atomic E-state index is 13.1. The van der Waals surface area contributed by atoms with E-state index in [-0.39, 0.29) is 16.5 Å². The van der Waals surface area contributed by atoms with Crippen molar-refractivity contribution in [3.63, 3.8) is 0 Å². The maximum Gasteiger partial charge on any atom is 0.245 e. The van der Waals surface area contributed by atoms with Crippen LogP contribution < -0.4 is 0 Å². The Morgan fingerprint density at radius 1 is 1.14 bits per heavy atom. The molecule has 2 aliphatic rings. The minimum absolute atomic E-state index is 0.0261. The van der Waals surface area contributed by atoms with Gasteiger partial charge in [-0.05, 0) is 45.0 Å². The molecule has 2 aromatic rings. The summed E-state index contributed by atoms with van der Waals surface area (Å²) in [5.41, 5.74) is 0. The average molecular weight is 444 g/mol. The van der Waals surface area contributed by atoms with Crippen molar-refractivity contribution in [3.05, 3.63) is 39.9 Å². The van der Waals surface area contributed by atoms with Gasteiger partial charge in [-0.3, -0.25) is 0 Å². The fourth-order valence-electron chi connectivity index (χ4n) is 3.95. The standard InChI is InChI=1S/C18H23Cl2N5O2S/c1-12(2)23-6-5-13(10-23)18-22-21-17-11-24(7-8-25(17)18)28(26,27)16-9-14(19)3-4-15(16)20/h3-4,9,12-13H,5-8,10-11H2,1-2H3. The Kier molecular flexibility index (Phi) is 5.43. The Hall–Kier alpha value is -1.19. The number of hydrogen-bond donors (Lipinski definition) is 0. The van der Waals surface area contributed by atoms with Crippen molar-refractivity contribution in [1.82, 2.24) is 24.0 Å². The zero-order valence-electron chi connectivity index (χ0n) is 15.8. The van der Waals surface area contributed by atoms with Gasteiger partial charge in [0, 0.05) is 36.6 Å². The number of hydrogen-bond acceptors (Lipinski definition) is 5. The highest BCUT2D eigenvalue weighted by Gasteiger charge is 2.35. The molecule has 1 aromatic heterocycles. The molecule has 4 rings (SSSR count). The second kappa shape index (κ2) is 7.57. The zero-order valence-corrected chi connectivity index (χ0v) is 18.2. The van der Waals surface area contributed by atoms with E-state index in [2.05, 4.69) is 33.5 Å². The zero-order chi connectivity index (χ0) is 20.1. The Morgan fingerprint density at radius 2 is 1.93 bits per heavy atom. The van der Waals surface area contributed by atoms with Crippen LogP contribution in [0.1, 0.15) is 37.8 Å². The van der Waals surface area contributed by atoms with Crippen LogP contribution in [0.4, 0.5) is 0 Å². The van der Waals surface area contributed by atoms with Crippen molar-refractivity contribution in [2.75, 3.05) is 19.6 Å². The Labute approximate surface area is 175 Å². The molecule has 152 valence electrons. The molecule has 28 heavy (non-hydrogen) atoms. The number of benzene rings is 1. The number of sulfonamides is 1. The van der Waals surface area contributed by atoms with Gasteiger partial charge in [0.25, 0.3) is 0 Å². The normalized spacial score (nSPS) is 21.4. The van der Waals surface area contributed by atoms with E-state index >= 15 is 0 Å². The molecular weight excluding hydrogens is 421 g/mol. The second-order valence-electron chi connectivity index (χ2n) is 7.61. The molecule has 1 aromatic carbocycles. The molecule has 0 N–H and O–H groups in total. The smallest absolute Gasteiger partial charge is 0.245 e. The predicted octanol–water partition coefficient (Wildman–Crippen LogP) is 2.99. The Balaban J connectivity index is 1.57. The number of aromatic nitrogens is 3. The van der Waals surface area contributed by atoms with Crippen molar-refractivity contribution in [2.45, 2.75) is 50.2 Å². The summed E-state index contributed by atoms with van der Waals surface area (Å²) in [5, 5.41) is 9.21. The SMILES string of the molecule is CC(C)N1CCC(c2nnc3n2CCN(S(=O)(=O)c2cc(Cl)ccc2Cl)C3)C1. The van der Waals surface area contributed by atoms with E-state index in [1.54, 1.807) is 6.07 Å². The van der Waals surface area contributed by atoms with Crippen molar-refractivity contribution in [2.24, 2.45) is 0 Å². The third-order valence-electron chi connectivity index (χ3n) is 5.57. The molecule has 2 aliphatic heterocycles. The van der Waals surface area contributed by atoms with Gasteiger partial charge in [0.1, 0.15) is 16.5 Å². The van der Waals surface area contributed by atoms with Crippen LogP contribution in [0, 0.1) is 0 Å². The van der Waals surface area contributed by atoms with E-state index in [9.17, 15) is 8.42 Å².